The maximum atomic E-state index is 12.6. The van der Waals surface area contributed by atoms with Crippen molar-refractivity contribution in [2.45, 2.75) is 50.9 Å². The molecule has 29 heavy (non-hydrogen) atoms. The number of rotatable bonds is 11. The number of carbonyl (C=O) groups is 5. The van der Waals surface area contributed by atoms with Crippen molar-refractivity contribution in [3.05, 3.63) is 18.2 Å². The van der Waals surface area contributed by atoms with E-state index in [0.29, 0.717) is 5.69 Å². The fourth-order valence-electron chi connectivity index (χ4n) is 2.19. The first kappa shape index (κ1) is 23.6. The summed E-state index contributed by atoms with van der Waals surface area (Å²) in [6.07, 6.45) is 2.22. The molecule has 0 saturated carbocycles. The first-order valence-electron chi connectivity index (χ1n) is 8.66. The van der Waals surface area contributed by atoms with Crippen molar-refractivity contribution in [1.82, 2.24) is 25.9 Å². The van der Waals surface area contributed by atoms with Crippen LogP contribution >= 0.6 is 0 Å². The molecule has 13 heteroatoms. The van der Waals surface area contributed by atoms with E-state index >= 15 is 0 Å². The van der Waals surface area contributed by atoms with Gasteiger partial charge in [-0.3, -0.25) is 24.0 Å². The molecule has 4 amide bonds. The van der Waals surface area contributed by atoms with Gasteiger partial charge in [0.15, 0.2) is 0 Å². The lowest BCUT2D eigenvalue weighted by molar-refractivity contribution is -0.142. The van der Waals surface area contributed by atoms with E-state index in [1.165, 1.54) is 26.4 Å². The third-order valence-electron chi connectivity index (χ3n) is 3.79. The number of nitrogens with zero attached hydrogens (tertiary/aromatic N) is 1. The monoisotopic (exact) mass is 411 g/mol. The van der Waals surface area contributed by atoms with Gasteiger partial charge in [0.2, 0.25) is 23.6 Å². The Morgan fingerprint density at radius 2 is 1.66 bits per heavy atom. The van der Waals surface area contributed by atoms with Crippen molar-refractivity contribution in [3.63, 3.8) is 0 Å². The van der Waals surface area contributed by atoms with E-state index in [0.717, 1.165) is 0 Å². The van der Waals surface area contributed by atoms with Crippen molar-refractivity contribution >= 4 is 29.6 Å². The molecule has 1 aromatic heterocycles. The Bertz CT molecular complexity index is 749. The van der Waals surface area contributed by atoms with Gasteiger partial charge in [0.05, 0.1) is 18.8 Å². The number of H-pyrrole nitrogens is 1. The van der Waals surface area contributed by atoms with Gasteiger partial charge in [-0.15, -0.1) is 0 Å². The predicted molar refractivity (Wildman–Crippen MR) is 98.9 cm³/mol. The molecule has 0 aliphatic heterocycles. The number of aromatic amines is 1. The van der Waals surface area contributed by atoms with Gasteiger partial charge in [-0.05, 0) is 13.8 Å². The summed E-state index contributed by atoms with van der Waals surface area (Å²) >= 11 is 0. The van der Waals surface area contributed by atoms with Gasteiger partial charge in [-0.1, -0.05) is 0 Å². The molecule has 4 unspecified atom stereocenters. The Labute approximate surface area is 166 Å². The highest BCUT2D eigenvalue weighted by Gasteiger charge is 2.30. The summed E-state index contributed by atoms with van der Waals surface area (Å²) in [6.45, 7) is 2.64. The summed E-state index contributed by atoms with van der Waals surface area (Å²) in [6, 6.07) is -4.73. The van der Waals surface area contributed by atoms with Gasteiger partial charge in [-0.25, -0.2) is 4.98 Å². The van der Waals surface area contributed by atoms with Crippen LogP contribution in [0.2, 0.25) is 0 Å². The number of aromatic nitrogens is 2. The van der Waals surface area contributed by atoms with E-state index in [9.17, 15) is 24.0 Å². The van der Waals surface area contributed by atoms with Crippen LogP contribution in [0, 0.1) is 0 Å². The maximum absolute atomic E-state index is 12.6. The smallest absolute Gasteiger partial charge is 0.325 e. The zero-order valence-corrected chi connectivity index (χ0v) is 16.0. The highest BCUT2D eigenvalue weighted by atomic mass is 16.4. The molecule has 1 aromatic rings. The highest BCUT2D eigenvalue weighted by molar-refractivity contribution is 5.96. The summed E-state index contributed by atoms with van der Waals surface area (Å²) in [4.78, 5) is 65.7. The first-order valence-corrected chi connectivity index (χ1v) is 8.66. The number of carboxylic acid groups (broad SMARTS) is 1. The van der Waals surface area contributed by atoms with Crippen LogP contribution in [0.15, 0.2) is 12.5 Å². The minimum absolute atomic E-state index is 0.0472. The van der Waals surface area contributed by atoms with E-state index in [1.54, 1.807) is 0 Å². The number of imidazole rings is 1. The lowest BCUT2D eigenvalue weighted by Crippen LogP contribution is -2.57. The van der Waals surface area contributed by atoms with Crippen LogP contribution in [0.25, 0.3) is 0 Å². The zero-order valence-electron chi connectivity index (χ0n) is 16.0. The number of hydrogen-bond donors (Lipinski definition) is 7. The van der Waals surface area contributed by atoms with Crippen LogP contribution in [0.1, 0.15) is 26.0 Å². The van der Waals surface area contributed by atoms with Gasteiger partial charge in [0.1, 0.15) is 18.1 Å². The number of aliphatic carboxylic acids is 1. The van der Waals surface area contributed by atoms with Gasteiger partial charge < -0.3 is 37.5 Å². The second kappa shape index (κ2) is 10.8. The summed E-state index contributed by atoms with van der Waals surface area (Å²) in [5.41, 5.74) is 11.1. The van der Waals surface area contributed by atoms with Crippen LogP contribution < -0.4 is 27.4 Å². The number of amides is 4. The van der Waals surface area contributed by atoms with E-state index in [4.69, 9.17) is 16.6 Å². The maximum Gasteiger partial charge on any atom is 0.325 e. The van der Waals surface area contributed by atoms with Gasteiger partial charge in [-0.2, -0.15) is 0 Å². The van der Waals surface area contributed by atoms with Crippen LogP contribution in [0.5, 0.6) is 0 Å². The molecule has 4 atom stereocenters. The number of hydrogen-bond acceptors (Lipinski definition) is 7. The summed E-state index contributed by atoms with van der Waals surface area (Å²) in [7, 11) is 0. The second-order valence-corrected chi connectivity index (χ2v) is 6.43. The first-order chi connectivity index (χ1) is 13.5. The fourth-order valence-corrected chi connectivity index (χ4v) is 2.19. The van der Waals surface area contributed by atoms with E-state index in [-0.39, 0.29) is 6.42 Å². The average Bonchev–Trinajstić information content (AvgIpc) is 3.12. The molecule has 9 N–H and O–H groups in total. The van der Waals surface area contributed by atoms with Gasteiger partial charge >= 0.3 is 5.97 Å². The largest absolute Gasteiger partial charge is 0.480 e. The molecule has 1 rings (SSSR count). The van der Waals surface area contributed by atoms with E-state index in [1.807, 2.05) is 0 Å². The molecular formula is C16H25N7O6. The Morgan fingerprint density at radius 1 is 1.07 bits per heavy atom. The molecule has 0 aromatic carbocycles. The Hall–Kier alpha value is -3.48. The zero-order chi connectivity index (χ0) is 22.1. The lowest BCUT2D eigenvalue weighted by Gasteiger charge is -2.23. The molecule has 0 aliphatic carbocycles. The topological polar surface area (TPSA) is 222 Å². The molecule has 1 heterocycles. The third kappa shape index (κ3) is 7.96. The number of primary amides is 1. The molecule has 0 radical (unpaired) electrons. The van der Waals surface area contributed by atoms with Crippen LogP contribution in [0.3, 0.4) is 0 Å². The molecule has 0 spiro atoms. The molecule has 0 aliphatic rings. The van der Waals surface area contributed by atoms with Crippen molar-refractivity contribution in [1.29, 1.82) is 0 Å². The van der Waals surface area contributed by atoms with Crippen molar-refractivity contribution < 1.29 is 29.1 Å². The van der Waals surface area contributed by atoms with Crippen LogP contribution in [-0.4, -0.2) is 68.8 Å². The summed E-state index contributed by atoms with van der Waals surface area (Å²) < 4.78 is 0. The SMILES string of the molecule is CC(N)C(=O)NC(CC(N)=O)C(=O)NC(Cc1cnc[nH]1)C(=O)NC(C)C(=O)O. The summed E-state index contributed by atoms with van der Waals surface area (Å²) in [5, 5.41) is 15.9. The lowest BCUT2D eigenvalue weighted by atomic mass is 10.1. The molecule has 0 bridgehead atoms. The average molecular weight is 411 g/mol. The standard InChI is InChI=1S/C16H25N7O6/c1-7(17)13(25)22-11(4-12(18)24)15(27)23-10(3-9-5-19-6-20-9)14(26)21-8(2)16(28)29/h5-8,10-11H,3-4,17H2,1-2H3,(H2,18,24)(H,19,20)(H,21,26)(H,22,25)(H,23,27)(H,28,29). The number of carboxylic acids is 1. The second-order valence-electron chi connectivity index (χ2n) is 6.43. The van der Waals surface area contributed by atoms with Crippen molar-refractivity contribution in [2.75, 3.05) is 0 Å². The quantitative estimate of drug-likeness (QED) is 0.195. The fraction of sp³-hybridized carbons (Fsp3) is 0.500. The predicted octanol–water partition coefficient (Wildman–Crippen LogP) is -3.27. The number of nitrogens with two attached hydrogens (primary N) is 2. The van der Waals surface area contributed by atoms with E-state index in [2.05, 4.69) is 25.9 Å². The molecule has 0 fully saturated rings. The molecule has 13 nitrogen and oxygen atoms in total. The van der Waals surface area contributed by atoms with Gasteiger partial charge in [0.25, 0.3) is 0 Å². The Kier molecular flexibility index (Phi) is 8.73. The van der Waals surface area contributed by atoms with Crippen LogP contribution in [0.4, 0.5) is 0 Å². The van der Waals surface area contributed by atoms with E-state index < -0.39 is 60.2 Å². The van der Waals surface area contributed by atoms with Crippen LogP contribution in [-0.2, 0) is 30.4 Å². The summed E-state index contributed by atoms with van der Waals surface area (Å²) in [5.74, 6) is -4.45. The highest BCUT2D eigenvalue weighted by Crippen LogP contribution is 2.02. The normalized spacial score (nSPS) is 14.7. The Balaban J connectivity index is 2.98. The molecular weight excluding hydrogens is 386 g/mol. The van der Waals surface area contributed by atoms with Crippen molar-refractivity contribution in [2.24, 2.45) is 11.5 Å². The minimum Gasteiger partial charge on any atom is -0.480 e. The minimum atomic E-state index is -1.36. The third-order valence-corrected chi connectivity index (χ3v) is 3.79. The van der Waals surface area contributed by atoms with Crippen molar-refractivity contribution in [3.8, 4) is 0 Å². The van der Waals surface area contributed by atoms with Gasteiger partial charge in [0, 0.05) is 18.3 Å². The molecule has 0 saturated heterocycles. The molecule has 160 valence electrons. The number of nitrogens with one attached hydrogen (secondary N) is 4. The number of carbonyl (C=O) groups excluding carboxylic acids is 4. The Morgan fingerprint density at radius 3 is 2.14 bits per heavy atom.